The summed E-state index contributed by atoms with van der Waals surface area (Å²) in [7, 11) is 0. The number of aromatic carboxylic acids is 1. The lowest BCUT2D eigenvalue weighted by atomic mass is 10.1. The van der Waals surface area contributed by atoms with Crippen molar-refractivity contribution < 1.29 is 9.90 Å². The average molecular weight is 194 g/mol. The van der Waals surface area contributed by atoms with E-state index in [0.717, 1.165) is 5.56 Å². The minimum absolute atomic E-state index is 0.282. The molecule has 0 aliphatic carbocycles. The third kappa shape index (κ3) is 2.47. The number of carbonyl (C=O) groups is 1. The second-order valence-corrected chi connectivity index (χ2v) is 3.07. The number of aryl methyl sites for hydroxylation is 1. The smallest absolute Gasteiger partial charge is 0.337 e. The highest BCUT2D eigenvalue weighted by Gasteiger charge is 2.08. The summed E-state index contributed by atoms with van der Waals surface area (Å²) in [4.78, 5) is 10.8. The molecule has 1 aromatic rings. The molecule has 1 rings (SSSR count). The number of nitrogens with two attached hydrogens (primary N) is 1. The molecule has 1 aromatic carbocycles. The molecule has 0 heterocycles. The van der Waals surface area contributed by atoms with Crippen molar-refractivity contribution in [3.8, 4) is 0 Å². The Hall–Kier alpha value is -1.55. The number of benzene rings is 1. The van der Waals surface area contributed by atoms with Gasteiger partial charge >= 0.3 is 5.97 Å². The van der Waals surface area contributed by atoms with Crippen molar-refractivity contribution >= 4 is 11.7 Å². The highest BCUT2D eigenvalue weighted by Crippen LogP contribution is 2.17. The molecule has 4 N–H and O–H groups in total. The van der Waals surface area contributed by atoms with Crippen molar-refractivity contribution in [1.29, 1.82) is 0 Å². The van der Waals surface area contributed by atoms with E-state index in [9.17, 15) is 4.79 Å². The van der Waals surface area contributed by atoms with Crippen LogP contribution in [-0.4, -0.2) is 24.2 Å². The summed E-state index contributed by atoms with van der Waals surface area (Å²) in [5.41, 5.74) is 7.26. The zero-order chi connectivity index (χ0) is 10.6. The van der Waals surface area contributed by atoms with Crippen LogP contribution >= 0.6 is 0 Å². The second kappa shape index (κ2) is 4.62. The molecule has 4 heteroatoms. The molecule has 0 unspecified atom stereocenters. The van der Waals surface area contributed by atoms with Crippen LogP contribution in [-0.2, 0) is 0 Å². The Bertz CT molecular complexity index is 337. The van der Waals surface area contributed by atoms with Gasteiger partial charge in [0.15, 0.2) is 0 Å². The number of carboxylic acids is 1. The van der Waals surface area contributed by atoms with Gasteiger partial charge in [0.05, 0.1) is 5.56 Å². The van der Waals surface area contributed by atoms with Gasteiger partial charge in [-0.05, 0) is 24.6 Å². The van der Waals surface area contributed by atoms with Crippen LogP contribution in [0.1, 0.15) is 15.9 Å². The SMILES string of the molecule is Cc1ccc(C(=O)O)c(NCCN)c1. The quantitative estimate of drug-likeness (QED) is 0.670. The minimum atomic E-state index is -0.926. The lowest BCUT2D eigenvalue weighted by Gasteiger charge is -2.09. The fourth-order valence-corrected chi connectivity index (χ4v) is 1.20. The topological polar surface area (TPSA) is 75.3 Å². The Labute approximate surface area is 82.7 Å². The molecule has 0 bridgehead atoms. The first-order valence-corrected chi connectivity index (χ1v) is 4.43. The molecule has 0 saturated heterocycles. The van der Waals surface area contributed by atoms with Crippen molar-refractivity contribution in [2.45, 2.75) is 6.92 Å². The Morgan fingerprint density at radius 2 is 2.29 bits per heavy atom. The highest BCUT2D eigenvalue weighted by molar-refractivity contribution is 5.94. The first-order valence-electron chi connectivity index (χ1n) is 4.43. The Morgan fingerprint density at radius 1 is 1.57 bits per heavy atom. The van der Waals surface area contributed by atoms with Gasteiger partial charge in [-0.25, -0.2) is 4.79 Å². The number of rotatable bonds is 4. The van der Waals surface area contributed by atoms with E-state index in [4.69, 9.17) is 10.8 Å². The van der Waals surface area contributed by atoms with Gasteiger partial charge in [0.25, 0.3) is 0 Å². The fourth-order valence-electron chi connectivity index (χ4n) is 1.20. The lowest BCUT2D eigenvalue weighted by molar-refractivity contribution is 0.0698. The maximum absolute atomic E-state index is 10.8. The Balaban J connectivity index is 2.97. The monoisotopic (exact) mass is 194 g/mol. The molecule has 0 fully saturated rings. The van der Waals surface area contributed by atoms with Gasteiger partial charge in [-0.2, -0.15) is 0 Å². The minimum Gasteiger partial charge on any atom is -0.478 e. The van der Waals surface area contributed by atoms with E-state index >= 15 is 0 Å². The number of hydrogen-bond acceptors (Lipinski definition) is 3. The molecule has 76 valence electrons. The standard InChI is InChI=1S/C10H14N2O2/c1-7-2-3-8(10(13)14)9(6-7)12-5-4-11/h2-3,6,12H,4-5,11H2,1H3,(H,13,14). The first-order chi connectivity index (χ1) is 6.65. The fraction of sp³-hybridized carbons (Fsp3) is 0.300. The highest BCUT2D eigenvalue weighted by atomic mass is 16.4. The van der Waals surface area contributed by atoms with Crippen LogP contribution in [0, 0.1) is 6.92 Å². The van der Waals surface area contributed by atoms with Crippen LogP contribution in [0.3, 0.4) is 0 Å². The van der Waals surface area contributed by atoms with Crippen LogP contribution in [0.25, 0.3) is 0 Å². The normalized spacial score (nSPS) is 9.86. The van der Waals surface area contributed by atoms with Gasteiger partial charge < -0.3 is 16.2 Å². The Kier molecular flexibility index (Phi) is 3.48. The number of carboxylic acid groups (broad SMARTS) is 1. The summed E-state index contributed by atoms with van der Waals surface area (Å²) < 4.78 is 0. The third-order valence-electron chi connectivity index (χ3n) is 1.87. The summed E-state index contributed by atoms with van der Waals surface area (Å²) in [5.74, 6) is -0.926. The van der Waals surface area contributed by atoms with Gasteiger partial charge in [-0.1, -0.05) is 6.07 Å². The maximum Gasteiger partial charge on any atom is 0.337 e. The molecule has 0 aliphatic rings. The van der Waals surface area contributed by atoms with Gasteiger partial charge in [0.1, 0.15) is 0 Å². The van der Waals surface area contributed by atoms with Gasteiger partial charge in [-0.3, -0.25) is 0 Å². The van der Waals surface area contributed by atoms with Crippen molar-refractivity contribution in [2.24, 2.45) is 5.73 Å². The summed E-state index contributed by atoms with van der Waals surface area (Å²) in [6, 6.07) is 5.17. The maximum atomic E-state index is 10.8. The first kappa shape index (κ1) is 10.5. The molecule has 0 aromatic heterocycles. The van der Waals surface area contributed by atoms with Crippen LogP contribution in [0.15, 0.2) is 18.2 Å². The van der Waals surface area contributed by atoms with Gasteiger partial charge in [0.2, 0.25) is 0 Å². The van der Waals surface area contributed by atoms with E-state index in [1.165, 1.54) is 0 Å². The molecule has 0 amide bonds. The van der Waals surface area contributed by atoms with E-state index < -0.39 is 5.97 Å². The van der Waals surface area contributed by atoms with Gasteiger partial charge in [0, 0.05) is 18.8 Å². The van der Waals surface area contributed by atoms with Crippen molar-refractivity contribution in [2.75, 3.05) is 18.4 Å². The van der Waals surface area contributed by atoms with Crippen LogP contribution in [0.5, 0.6) is 0 Å². The van der Waals surface area contributed by atoms with Crippen LogP contribution in [0.2, 0.25) is 0 Å². The molecular formula is C10H14N2O2. The molecule has 14 heavy (non-hydrogen) atoms. The summed E-state index contributed by atoms with van der Waals surface area (Å²) in [6.07, 6.45) is 0. The van der Waals surface area contributed by atoms with E-state index in [0.29, 0.717) is 18.8 Å². The molecule has 0 aliphatic heterocycles. The number of nitrogens with one attached hydrogen (secondary N) is 1. The lowest BCUT2D eigenvalue weighted by Crippen LogP contribution is -2.15. The van der Waals surface area contributed by atoms with Crippen LogP contribution < -0.4 is 11.1 Å². The largest absolute Gasteiger partial charge is 0.478 e. The predicted molar refractivity (Wildman–Crippen MR) is 55.7 cm³/mol. The zero-order valence-electron chi connectivity index (χ0n) is 8.08. The van der Waals surface area contributed by atoms with Gasteiger partial charge in [-0.15, -0.1) is 0 Å². The summed E-state index contributed by atoms with van der Waals surface area (Å²) in [5, 5.41) is 11.9. The Morgan fingerprint density at radius 3 is 2.86 bits per heavy atom. The summed E-state index contributed by atoms with van der Waals surface area (Å²) in [6.45, 7) is 2.97. The molecular weight excluding hydrogens is 180 g/mol. The number of anilines is 1. The zero-order valence-corrected chi connectivity index (χ0v) is 8.08. The number of hydrogen-bond donors (Lipinski definition) is 3. The van der Waals surface area contributed by atoms with E-state index in [1.807, 2.05) is 6.92 Å². The molecule has 0 radical (unpaired) electrons. The molecule has 0 spiro atoms. The summed E-state index contributed by atoms with van der Waals surface area (Å²) >= 11 is 0. The van der Waals surface area contributed by atoms with Crippen LogP contribution in [0.4, 0.5) is 5.69 Å². The van der Waals surface area contributed by atoms with E-state index in [-0.39, 0.29) is 5.56 Å². The van der Waals surface area contributed by atoms with E-state index in [2.05, 4.69) is 5.32 Å². The van der Waals surface area contributed by atoms with E-state index in [1.54, 1.807) is 18.2 Å². The molecule has 0 saturated carbocycles. The third-order valence-corrected chi connectivity index (χ3v) is 1.87. The van der Waals surface area contributed by atoms with Crippen molar-refractivity contribution in [3.05, 3.63) is 29.3 Å². The average Bonchev–Trinajstić information content (AvgIpc) is 2.14. The predicted octanol–water partition coefficient (Wildman–Crippen LogP) is 1.06. The second-order valence-electron chi connectivity index (χ2n) is 3.07. The van der Waals surface area contributed by atoms with Crippen molar-refractivity contribution in [3.63, 3.8) is 0 Å². The molecule has 4 nitrogen and oxygen atoms in total. The molecule has 0 atom stereocenters. The van der Waals surface area contributed by atoms with Crippen molar-refractivity contribution in [1.82, 2.24) is 0 Å².